The minimum atomic E-state index is -0.325. The molecule has 0 aromatic heterocycles. The molecular formula is C17H24O3. The predicted molar refractivity (Wildman–Crippen MR) is 75.1 cm³/mol. The van der Waals surface area contributed by atoms with Crippen molar-refractivity contribution in [2.75, 3.05) is 6.61 Å². The van der Waals surface area contributed by atoms with Crippen LogP contribution >= 0.6 is 0 Å². The van der Waals surface area contributed by atoms with Crippen LogP contribution in [0.2, 0.25) is 0 Å². The lowest BCUT2D eigenvalue weighted by molar-refractivity contribution is -0.280. The van der Waals surface area contributed by atoms with Crippen molar-refractivity contribution < 1.29 is 14.3 Å². The van der Waals surface area contributed by atoms with Gasteiger partial charge in [0.25, 0.3) is 0 Å². The van der Waals surface area contributed by atoms with E-state index in [1.165, 1.54) is 44.6 Å². The van der Waals surface area contributed by atoms with Gasteiger partial charge < -0.3 is 9.47 Å². The second kappa shape index (κ2) is 4.33. The van der Waals surface area contributed by atoms with Gasteiger partial charge in [0.2, 0.25) is 0 Å². The summed E-state index contributed by atoms with van der Waals surface area (Å²) in [5.41, 5.74) is 0.155. The van der Waals surface area contributed by atoms with Crippen LogP contribution in [0, 0.1) is 17.3 Å². The van der Waals surface area contributed by atoms with E-state index in [-0.39, 0.29) is 17.7 Å². The lowest BCUT2D eigenvalue weighted by Gasteiger charge is -2.64. The SMILES string of the molecule is C=CC(=O)OC1(C2CCCO2)C2CCCC23CCCC31. The second-order valence-electron chi connectivity index (χ2n) is 7.10. The van der Waals surface area contributed by atoms with Crippen LogP contribution in [0.15, 0.2) is 12.7 Å². The third kappa shape index (κ3) is 1.37. The molecule has 0 aromatic rings. The van der Waals surface area contributed by atoms with E-state index >= 15 is 0 Å². The second-order valence-corrected chi connectivity index (χ2v) is 7.10. The van der Waals surface area contributed by atoms with E-state index in [4.69, 9.17) is 9.47 Å². The molecule has 0 N–H and O–H groups in total. The summed E-state index contributed by atoms with van der Waals surface area (Å²) >= 11 is 0. The Balaban J connectivity index is 1.72. The first kappa shape index (κ1) is 12.9. The molecule has 3 heteroatoms. The van der Waals surface area contributed by atoms with Crippen molar-refractivity contribution in [3.8, 4) is 0 Å². The Morgan fingerprint density at radius 1 is 1.15 bits per heavy atom. The van der Waals surface area contributed by atoms with Crippen molar-refractivity contribution in [1.29, 1.82) is 0 Å². The Hall–Kier alpha value is -0.830. The average Bonchev–Trinajstić information content (AvgIpc) is 3.18. The van der Waals surface area contributed by atoms with Crippen molar-refractivity contribution >= 4 is 5.97 Å². The Morgan fingerprint density at radius 3 is 2.40 bits per heavy atom. The van der Waals surface area contributed by atoms with E-state index in [9.17, 15) is 4.79 Å². The van der Waals surface area contributed by atoms with E-state index in [1.54, 1.807) is 0 Å². The molecule has 4 fully saturated rings. The molecule has 4 aliphatic rings. The Labute approximate surface area is 120 Å². The minimum Gasteiger partial charge on any atom is -0.453 e. The minimum absolute atomic E-state index is 0.130. The molecule has 1 spiro atoms. The Bertz CT molecular complexity index is 416. The van der Waals surface area contributed by atoms with Gasteiger partial charge in [0.15, 0.2) is 0 Å². The van der Waals surface area contributed by atoms with Crippen molar-refractivity contribution in [2.45, 2.75) is 63.1 Å². The first-order valence-electron chi connectivity index (χ1n) is 8.21. The number of ether oxygens (including phenoxy) is 2. The summed E-state index contributed by atoms with van der Waals surface area (Å²) in [5.74, 6) is 0.817. The average molecular weight is 276 g/mol. The number of carbonyl (C=O) groups excluding carboxylic acids is 1. The van der Waals surface area contributed by atoms with Gasteiger partial charge >= 0.3 is 5.97 Å². The largest absolute Gasteiger partial charge is 0.453 e. The van der Waals surface area contributed by atoms with Crippen LogP contribution in [0.4, 0.5) is 0 Å². The van der Waals surface area contributed by atoms with Gasteiger partial charge in [-0.2, -0.15) is 0 Å². The zero-order valence-corrected chi connectivity index (χ0v) is 12.1. The molecule has 0 aromatic carbocycles. The Kier molecular flexibility index (Phi) is 2.79. The van der Waals surface area contributed by atoms with Crippen molar-refractivity contribution in [1.82, 2.24) is 0 Å². The lowest BCUT2D eigenvalue weighted by Crippen LogP contribution is -2.72. The van der Waals surface area contributed by atoms with Gasteiger partial charge in [-0.3, -0.25) is 0 Å². The summed E-state index contributed by atoms with van der Waals surface area (Å²) in [4.78, 5) is 12.0. The summed E-state index contributed by atoms with van der Waals surface area (Å²) < 4.78 is 12.1. The topological polar surface area (TPSA) is 35.5 Å². The van der Waals surface area contributed by atoms with E-state index in [2.05, 4.69) is 6.58 Å². The van der Waals surface area contributed by atoms with Crippen LogP contribution in [0.5, 0.6) is 0 Å². The zero-order valence-electron chi connectivity index (χ0n) is 12.1. The highest BCUT2D eigenvalue weighted by molar-refractivity contribution is 5.82. The van der Waals surface area contributed by atoms with Gasteiger partial charge in [-0.25, -0.2) is 4.79 Å². The lowest BCUT2D eigenvalue weighted by atomic mass is 9.45. The molecule has 110 valence electrons. The molecule has 20 heavy (non-hydrogen) atoms. The molecule has 0 amide bonds. The van der Waals surface area contributed by atoms with Gasteiger partial charge in [0.1, 0.15) is 5.60 Å². The summed E-state index contributed by atoms with van der Waals surface area (Å²) in [6.45, 7) is 4.41. The highest BCUT2D eigenvalue weighted by Gasteiger charge is 2.77. The standard InChI is InChI=1S/C17H24O3/c1-2-15(18)20-17(14-8-5-11-19-14)12-6-3-9-16(12)10-4-7-13(16)17/h2,12-14H,1,3-11H2. The van der Waals surface area contributed by atoms with E-state index in [0.29, 0.717) is 17.3 Å². The number of hydrogen-bond acceptors (Lipinski definition) is 3. The van der Waals surface area contributed by atoms with Crippen LogP contribution in [-0.2, 0) is 14.3 Å². The smallest absolute Gasteiger partial charge is 0.330 e. The van der Waals surface area contributed by atoms with Crippen LogP contribution in [0.25, 0.3) is 0 Å². The fraction of sp³-hybridized carbons (Fsp3) is 0.824. The van der Waals surface area contributed by atoms with Gasteiger partial charge in [0.05, 0.1) is 6.10 Å². The molecule has 1 aliphatic heterocycles. The molecule has 1 saturated heterocycles. The molecule has 3 aliphatic carbocycles. The van der Waals surface area contributed by atoms with E-state index in [0.717, 1.165) is 19.4 Å². The summed E-state index contributed by atoms with van der Waals surface area (Å²) in [7, 11) is 0. The monoisotopic (exact) mass is 276 g/mol. The summed E-state index contributed by atoms with van der Waals surface area (Å²) in [6, 6.07) is 0. The highest BCUT2D eigenvalue weighted by Crippen LogP contribution is 2.75. The maximum Gasteiger partial charge on any atom is 0.330 e. The number of hydrogen-bond donors (Lipinski definition) is 0. The number of rotatable bonds is 3. The van der Waals surface area contributed by atoms with Gasteiger partial charge in [0, 0.05) is 24.5 Å². The quantitative estimate of drug-likeness (QED) is 0.586. The fourth-order valence-electron chi connectivity index (χ4n) is 6.21. The van der Waals surface area contributed by atoms with Gasteiger partial charge in [-0.1, -0.05) is 19.4 Å². The highest BCUT2D eigenvalue weighted by atomic mass is 16.6. The summed E-state index contributed by atoms with van der Waals surface area (Å²) in [6.07, 6.45) is 11.3. The molecule has 4 rings (SSSR count). The third-order valence-electron chi connectivity index (χ3n) is 6.62. The Morgan fingerprint density at radius 2 is 1.85 bits per heavy atom. The van der Waals surface area contributed by atoms with Crippen molar-refractivity contribution in [3.63, 3.8) is 0 Å². The maximum atomic E-state index is 12.0. The van der Waals surface area contributed by atoms with E-state index < -0.39 is 0 Å². The molecular weight excluding hydrogens is 252 g/mol. The van der Waals surface area contributed by atoms with Crippen LogP contribution in [-0.4, -0.2) is 24.3 Å². The van der Waals surface area contributed by atoms with Gasteiger partial charge in [-0.05, 0) is 43.9 Å². The van der Waals surface area contributed by atoms with Crippen LogP contribution in [0.1, 0.15) is 51.4 Å². The number of esters is 1. The van der Waals surface area contributed by atoms with Crippen molar-refractivity contribution in [3.05, 3.63) is 12.7 Å². The fourth-order valence-corrected chi connectivity index (χ4v) is 6.21. The van der Waals surface area contributed by atoms with Crippen LogP contribution < -0.4 is 0 Å². The zero-order chi connectivity index (χ0) is 13.8. The molecule has 0 bridgehead atoms. The maximum absolute atomic E-state index is 12.0. The third-order valence-corrected chi connectivity index (χ3v) is 6.62. The normalized spacial score (nSPS) is 49.3. The first-order chi connectivity index (χ1) is 9.74. The molecule has 0 radical (unpaired) electrons. The summed E-state index contributed by atoms with van der Waals surface area (Å²) in [5, 5.41) is 0. The molecule has 3 nitrogen and oxygen atoms in total. The molecule has 3 unspecified atom stereocenters. The molecule has 1 heterocycles. The number of carbonyl (C=O) groups is 1. The van der Waals surface area contributed by atoms with Gasteiger partial charge in [-0.15, -0.1) is 0 Å². The first-order valence-corrected chi connectivity index (χ1v) is 8.21. The van der Waals surface area contributed by atoms with E-state index in [1.807, 2.05) is 0 Å². The molecule has 3 saturated carbocycles. The van der Waals surface area contributed by atoms with Crippen molar-refractivity contribution in [2.24, 2.45) is 17.3 Å². The predicted octanol–water partition coefficient (Wildman–Crippen LogP) is 3.23. The van der Waals surface area contributed by atoms with Crippen LogP contribution in [0.3, 0.4) is 0 Å². The molecule has 3 atom stereocenters.